The minimum atomic E-state index is -0.312. The molecule has 0 spiro atoms. The first-order valence-electron chi connectivity index (χ1n) is 7.42. The van der Waals surface area contributed by atoms with Crippen LogP contribution in [0.1, 0.15) is 28.4 Å². The van der Waals surface area contributed by atoms with Gasteiger partial charge in [-0.15, -0.1) is 0 Å². The number of hydrogen-bond donors (Lipinski definition) is 2. The van der Waals surface area contributed by atoms with E-state index in [1.54, 1.807) is 30.3 Å². The van der Waals surface area contributed by atoms with E-state index in [1.165, 1.54) is 13.0 Å². The zero-order chi connectivity index (χ0) is 17.5. The number of Topliss-reactive ketones (excluding diaryl/α,β-unsaturated/α-hetero) is 1. The van der Waals surface area contributed by atoms with Gasteiger partial charge >= 0.3 is 0 Å². The summed E-state index contributed by atoms with van der Waals surface area (Å²) in [4.78, 5) is 23.1. The molecule has 5 heteroatoms. The Kier molecular flexibility index (Phi) is 5.98. The number of rotatable bonds is 4. The van der Waals surface area contributed by atoms with Crippen molar-refractivity contribution in [1.29, 1.82) is 0 Å². The van der Waals surface area contributed by atoms with E-state index in [9.17, 15) is 9.59 Å². The molecule has 1 amide bonds. The van der Waals surface area contributed by atoms with Crippen LogP contribution in [0, 0.1) is 6.92 Å². The quantitative estimate of drug-likeness (QED) is 0.507. The van der Waals surface area contributed by atoms with E-state index in [-0.39, 0.29) is 16.8 Å². The third-order valence-corrected chi connectivity index (χ3v) is 3.49. The van der Waals surface area contributed by atoms with Gasteiger partial charge in [0.1, 0.15) is 0 Å². The zero-order valence-electron chi connectivity index (χ0n) is 13.5. The number of ketones is 1. The molecule has 0 saturated heterocycles. The molecule has 0 aliphatic carbocycles. The van der Waals surface area contributed by atoms with Crippen LogP contribution in [-0.2, 0) is 4.79 Å². The average molecular weight is 338 g/mol. The fourth-order valence-electron chi connectivity index (χ4n) is 1.95. The number of hydrogen-bond acceptors (Lipinski definition) is 3. The Bertz CT molecular complexity index is 778. The molecule has 0 fully saturated rings. The largest absolute Gasteiger partial charge is 0.332 e. The van der Waals surface area contributed by atoms with Gasteiger partial charge in [0.25, 0.3) is 0 Å². The zero-order valence-corrected chi connectivity index (χ0v) is 14.3. The van der Waals surface area contributed by atoms with E-state index < -0.39 is 0 Å². The van der Waals surface area contributed by atoms with Gasteiger partial charge in [0.15, 0.2) is 10.9 Å². The lowest BCUT2D eigenvalue weighted by Gasteiger charge is -2.08. The molecule has 0 aliphatic heterocycles. The molecule has 0 saturated carbocycles. The minimum Gasteiger partial charge on any atom is -0.332 e. The number of anilines is 1. The van der Waals surface area contributed by atoms with Crippen molar-refractivity contribution in [3.05, 3.63) is 71.3 Å². The van der Waals surface area contributed by atoms with Crippen LogP contribution in [0.2, 0.25) is 0 Å². The smallest absolute Gasteiger partial charge is 0.250 e. The van der Waals surface area contributed by atoms with Crippen molar-refractivity contribution in [2.24, 2.45) is 0 Å². The van der Waals surface area contributed by atoms with Gasteiger partial charge in [-0.25, -0.2) is 0 Å². The summed E-state index contributed by atoms with van der Waals surface area (Å²) >= 11 is 5.10. The van der Waals surface area contributed by atoms with Crippen molar-refractivity contribution in [2.75, 3.05) is 5.32 Å². The third kappa shape index (κ3) is 5.44. The van der Waals surface area contributed by atoms with Crippen molar-refractivity contribution in [3.63, 3.8) is 0 Å². The van der Waals surface area contributed by atoms with Crippen molar-refractivity contribution < 1.29 is 9.59 Å². The lowest BCUT2D eigenvalue weighted by molar-refractivity contribution is -0.115. The average Bonchev–Trinajstić information content (AvgIpc) is 2.54. The number of thiocarbonyl (C=S) groups is 1. The second-order valence-electron chi connectivity index (χ2n) is 5.32. The first kappa shape index (κ1) is 17.6. The molecule has 2 aromatic carbocycles. The summed E-state index contributed by atoms with van der Waals surface area (Å²) in [6, 6.07) is 14.7. The maximum absolute atomic E-state index is 11.9. The summed E-state index contributed by atoms with van der Waals surface area (Å²) < 4.78 is 0. The van der Waals surface area contributed by atoms with Crippen LogP contribution in [0.3, 0.4) is 0 Å². The van der Waals surface area contributed by atoms with E-state index >= 15 is 0 Å². The van der Waals surface area contributed by atoms with Gasteiger partial charge < -0.3 is 5.32 Å². The molecule has 2 rings (SSSR count). The summed E-state index contributed by atoms with van der Waals surface area (Å²) in [6.07, 6.45) is 3.15. The molecule has 122 valence electrons. The molecular weight excluding hydrogens is 320 g/mol. The highest BCUT2D eigenvalue weighted by molar-refractivity contribution is 7.80. The van der Waals surface area contributed by atoms with E-state index in [4.69, 9.17) is 12.2 Å². The van der Waals surface area contributed by atoms with Gasteiger partial charge in [-0.05, 0) is 62.0 Å². The van der Waals surface area contributed by atoms with Crippen molar-refractivity contribution in [1.82, 2.24) is 5.32 Å². The summed E-state index contributed by atoms with van der Waals surface area (Å²) in [5.74, 6) is -0.313. The fourth-order valence-corrected chi connectivity index (χ4v) is 2.17. The predicted octanol–water partition coefficient (Wildman–Crippen LogP) is 3.72. The molecule has 0 aliphatic rings. The predicted molar refractivity (Wildman–Crippen MR) is 101 cm³/mol. The van der Waals surface area contributed by atoms with Gasteiger partial charge in [0, 0.05) is 17.3 Å². The summed E-state index contributed by atoms with van der Waals surface area (Å²) in [7, 11) is 0. The number of nitrogens with one attached hydrogen (secondary N) is 2. The molecule has 0 aromatic heterocycles. The summed E-state index contributed by atoms with van der Waals surface area (Å²) in [5.41, 5.74) is 3.43. The molecule has 24 heavy (non-hydrogen) atoms. The van der Waals surface area contributed by atoms with Crippen LogP contribution >= 0.6 is 12.2 Å². The standard InChI is InChI=1S/C19H18N2O2S/c1-13-3-5-15(6-4-13)7-12-18(23)21-19(24)20-17-10-8-16(9-11-17)14(2)22/h3-12H,1-2H3,(H2,20,21,23,24). The summed E-state index contributed by atoms with van der Waals surface area (Å²) in [5, 5.41) is 5.67. The highest BCUT2D eigenvalue weighted by atomic mass is 32.1. The first-order chi connectivity index (χ1) is 11.4. The monoisotopic (exact) mass is 338 g/mol. The SMILES string of the molecule is CC(=O)c1ccc(NC(=S)NC(=O)C=Cc2ccc(C)cc2)cc1. The molecular formula is C19H18N2O2S. The van der Waals surface area contributed by atoms with Gasteiger partial charge in [-0.1, -0.05) is 29.8 Å². The van der Waals surface area contributed by atoms with Crippen LogP contribution < -0.4 is 10.6 Å². The summed E-state index contributed by atoms with van der Waals surface area (Å²) in [6.45, 7) is 3.51. The van der Waals surface area contributed by atoms with Crippen LogP contribution in [-0.4, -0.2) is 16.8 Å². The highest BCUT2D eigenvalue weighted by Gasteiger charge is 2.03. The van der Waals surface area contributed by atoms with E-state index in [0.717, 1.165) is 11.1 Å². The van der Waals surface area contributed by atoms with Crippen molar-refractivity contribution in [3.8, 4) is 0 Å². The number of carbonyl (C=O) groups is 2. The highest BCUT2D eigenvalue weighted by Crippen LogP contribution is 2.10. The first-order valence-corrected chi connectivity index (χ1v) is 7.82. The Hall–Kier alpha value is -2.79. The molecule has 0 atom stereocenters. The topological polar surface area (TPSA) is 58.2 Å². The number of amides is 1. The lowest BCUT2D eigenvalue weighted by atomic mass is 10.1. The second kappa shape index (κ2) is 8.17. The van der Waals surface area contributed by atoms with E-state index in [1.807, 2.05) is 31.2 Å². The number of benzene rings is 2. The number of aryl methyl sites for hydroxylation is 1. The molecule has 2 N–H and O–H groups in total. The molecule has 0 bridgehead atoms. The third-order valence-electron chi connectivity index (χ3n) is 3.29. The van der Waals surface area contributed by atoms with Gasteiger partial charge in [0.2, 0.25) is 5.91 Å². The number of carbonyl (C=O) groups excluding carboxylic acids is 2. The Balaban J connectivity index is 1.88. The van der Waals surface area contributed by atoms with Gasteiger partial charge in [0.05, 0.1) is 0 Å². The Morgan fingerprint density at radius 2 is 1.62 bits per heavy atom. The fraction of sp³-hybridized carbons (Fsp3) is 0.105. The van der Waals surface area contributed by atoms with Crippen LogP contribution in [0.25, 0.3) is 6.08 Å². The van der Waals surface area contributed by atoms with Crippen LogP contribution in [0.4, 0.5) is 5.69 Å². The molecule has 0 heterocycles. The minimum absolute atomic E-state index is 0.00123. The van der Waals surface area contributed by atoms with Crippen LogP contribution in [0.15, 0.2) is 54.6 Å². The molecule has 0 unspecified atom stereocenters. The molecule has 2 aromatic rings. The van der Waals surface area contributed by atoms with Gasteiger partial charge in [-0.3, -0.25) is 14.9 Å². The normalized spacial score (nSPS) is 10.4. The molecule has 0 radical (unpaired) electrons. The van der Waals surface area contributed by atoms with Gasteiger partial charge in [-0.2, -0.15) is 0 Å². The van der Waals surface area contributed by atoms with Crippen molar-refractivity contribution in [2.45, 2.75) is 13.8 Å². The molecule has 4 nitrogen and oxygen atoms in total. The maximum Gasteiger partial charge on any atom is 0.250 e. The Morgan fingerprint density at radius 1 is 1.00 bits per heavy atom. The van der Waals surface area contributed by atoms with E-state index in [2.05, 4.69) is 10.6 Å². The maximum atomic E-state index is 11.9. The second-order valence-corrected chi connectivity index (χ2v) is 5.73. The van der Waals surface area contributed by atoms with Crippen molar-refractivity contribution >= 4 is 40.8 Å². The Morgan fingerprint density at radius 3 is 2.21 bits per heavy atom. The Labute approximate surface area is 146 Å². The lowest BCUT2D eigenvalue weighted by Crippen LogP contribution is -2.32. The van der Waals surface area contributed by atoms with E-state index in [0.29, 0.717) is 11.3 Å². The van der Waals surface area contributed by atoms with Crippen LogP contribution in [0.5, 0.6) is 0 Å².